The van der Waals surface area contributed by atoms with Gasteiger partial charge in [-0.3, -0.25) is 0 Å². The summed E-state index contributed by atoms with van der Waals surface area (Å²) in [4.78, 5) is 16.6. The molecule has 0 spiro atoms. The third-order valence-corrected chi connectivity index (χ3v) is 5.70. The van der Waals surface area contributed by atoms with E-state index in [1.165, 1.54) is 0 Å². The lowest BCUT2D eigenvalue weighted by molar-refractivity contribution is 0.0346. The van der Waals surface area contributed by atoms with Crippen molar-refractivity contribution in [2.24, 2.45) is 0 Å². The molecule has 0 saturated heterocycles. The zero-order valence-electron chi connectivity index (χ0n) is 16.1. The molecule has 0 aromatic carbocycles. The number of aromatic amines is 1. The van der Waals surface area contributed by atoms with Gasteiger partial charge in [-0.05, 0) is 44.7 Å². The molecule has 0 amide bonds. The molecule has 1 aliphatic carbocycles. The van der Waals surface area contributed by atoms with E-state index >= 15 is 0 Å². The van der Waals surface area contributed by atoms with Gasteiger partial charge in [-0.2, -0.15) is 10.1 Å². The van der Waals surface area contributed by atoms with Crippen molar-refractivity contribution < 1.29 is 4.74 Å². The highest BCUT2D eigenvalue weighted by Gasteiger charge is 2.22. The molecule has 0 aliphatic heterocycles. The number of hydrogen-bond acceptors (Lipinski definition) is 6. The largest absolute Gasteiger partial charge is 0.379 e. The highest BCUT2D eigenvalue weighted by molar-refractivity contribution is 6.29. The van der Waals surface area contributed by atoms with Gasteiger partial charge in [0.05, 0.1) is 18.0 Å². The first-order valence-electron chi connectivity index (χ1n) is 9.94. The van der Waals surface area contributed by atoms with Crippen molar-refractivity contribution in [3.05, 3.63) is 35.9 Å². The van der Waals surface area contributed by atoms with Crippen molar-refractivity contribution in [2.45, 2.75) is 44.8 Å². The summed E-state index contributed by atoms with van der Waals surface area (Å²) < 4.78 is 7.35. The summed E-state index contributed by atoms with van der Waals surface area (Å²) in [5.74, 6) is 0.645. The minimum Gasteiger partial charge on any atom is -0.379 e. The van der Waals surface area contributed by atoms with Gasteiger partial charge in [0.2, 0.25) is 5.95 Å². The van der Waals surface area contributed by atoms with Gasteiger partial charge in [0.25, 0.3) is 0 Å². The first-order valence-corrected chi connectivity index (χ1v) is 10.3. The standard InChI is InChI=1S/C20H22ClN7O/c1-2-29-13-5-3-12(4-6-13)25-20-24-10-15-14(9-23-19(15)26-20)16-7-8-18-22-11-17(21)28(18)27-16/h7-13H,2-6H2,1H3,(H2,23,24,25,26)/t12-,13+. The average Bonchev–Trinajstić information content (AvgIpc) is 3.33. The van der Waals surface area contributed by atoms with E-state index in [-0.39, 0.29) is 0 Å². The maximum absolute atomic E-state index is 6.15. The number of halogens is 1. The zero-order chi connectivity index (χ0) is 19.8. The monoisotopic (exact) mass is 411 g/mol. The minimum atomic E-state index is 0.381. The van der Waals surface area contributed by atoms with Crippen molar-refractivity contribution in [3.63, 3.8) is 0 Å². The quantitative estimate of drug-likeness (QED) is 0.514. The van der Waals surface area contributed by atoms with Crippen LogP contribution in [0.15, 0.2) is 30.7 Å². The van der Waals surface area contributed by atoms with Crippen molar-refractivity contribution in [3.8, 4) is 11.3 Å². The lowest BCUT2D eigenvalue weighted by Gasteiger charge is -2.28. The van der Waals surface area contributed by atoms with Crippen LogP contribution >= 0.6 is 11.6 Å². The minimum absolute atomic E-state index is 0.381. The van der Waals surface area contributed by atoms with Crippen LogP contribution in [0, 0.1) is 0 Å². The molecule has 0 radical (unpaired) electrons. The molecule has 4 aromatic heterocycles. The molecule has 4 heterocycles. The number of ether oxygens (including phenoxy) is 1. The SMILES string of the molecule is CCO[C@H]1CC[C@@H](Nc2ncc3c(-c4ccc5ncc(Cl)n5n4)c[nH]c3n2)CC1. The van der Waals surface area contributed by atoms with Gasteiger partial charge in [0.1, 0.15) is 5.65 Å². The maximum Gasteiger partial charge on any atom is 0.224 e. The van der Waals surface area contributed by atoms with Gasteiger partial charge < -0.3 is 15.0 Å². The number of H-pyrrole nitrogens is 1. The molecule has 1 fully saturated rings. The molecule has 1 aliphatic rings. The number of aromatic nitrogens is 6. The molecule has 4 aromatic rings. The van der Waals surface area contributed by atoms with Gasteiger partial charge >= 0.3 is 0 Å². The highest BCUT2D eigenvalue weighted by atomic mass is 35.5. The number of rotatable bonds is 5. The molecule has 9 heteroatoms. The first kappa shape index (κ1) is 18.3. The Kier molecular flexibility index (Phi) is 4.81. The van der Waals surface area contributed by atoms with Crippen LogP contribution in [0.5, 0.6) is 0 Å². The van der Waals surface area contributed by atoms with Crippen LogP contribution < -0.4 is 5.32 Å². The smallest absolute Gasteiger partial charge is 0.224 e. The molecular formula is C20H22ClN7O. The number of anilines is 1. The van der Waals surface area contributed by atoms with Gasteiger partial charge in [-0.15, -0.1) is 0 Å². The van der Waals surface area contributed by atoms with Gasteiger partial charge in [-0.1, -0.05) is 11.6 Å². The van der Waals surface area contributed by atoms with E-state index < -0.39 is 0 Å². The summed E-state index contributed by atoms with van der Waals surface area (Å²) in [5, 5.41) is 9.45. The molecule has 1 saturated carbocycles. The fourth-order valence-corrected chi connectivity index (χ4v) is 4.14. The van der Waals surface area contributed by atoms with Crippen molar-refractivity contribution in [1.82, 2.24) is 29.5 Å². The summed E-state index contributed by atoms with van der Waals surface area (Å²) in [6, 6.07) is 4.19. The normalized spacial score (nSPS) is 19.8. The van der Waals surface area contributed by atoms with E-state index in [0.717, 1.165) is 54.6 Å². The van der Waals surface area contributed by atoms with Crippen LogP contribution in [-0.2, 0) is 4.74 Å². The Morgan fingerprint density at radius 1 is 1.21 bits per heavy atom. The topological polar surface area (TPSA) is 93.0 Å². The lowest BCUT2D eigenvalue weighted by Crippen LogP contribution is -2.30. The first-order chi connectivity index (χ1) is 14.2. The van der Waals surface area contributed by atoms with E-state index in [2.05, 4.69) is 37.3 Å². The Hall–Kier alpha value is -2.71. The number of fused-ring (bicyclic) bond motifs is 2. The van der Waals surface area contributed by atoms with Crippen LogP contribution in [0.2, 0.25) is 5.15 Å². The van der Waals surface area contributed by atoms with E-state index in [1.807, 2.05) is 24.5 Å². The predicted octanol–water partition coefficient (Wildman–Crippen LogP) is 4.08. The number of hydrogen-bond donors (Lipinski definition) is 2. The van der Waals surface area contributed by atoms with Crippen molar-refractivity contribution >= 4 is 34.2 Å². The zero-order valence-corrected chi connectivity index (χ0v) is 16.9. The second-order valence-electron chi connectivity index (χ2n) is 7.30. The van der Waals surface area contributed by atoms with E-state index in [4.69, 9.17) is 16.3 Å². The summed E-state index contributed by atoms with van der Waals surface area (Å²) in [6.45, 7) is 2.84. The molecule has 150 valence electrons. The molecule has 5 rings (SSSR count). The van der Waals surface area contributed by atoms with Crippen LogP contribution in [-0.4, -0.2) is 48.3 Å². The lowest BCUT2D eigenvalue weighted by atomic mass is 9.93. The predicted molar refractivity (Wildman–Crippen MR) is 112 cm³/mol. The molecule has 2 N–H and O–H groups in total. The fraction of sp³-hybridized carbons (Fsp3) is 0.400. The number of nitrogens with one attached hydrogen (secondary N) is 2. The summed E-state index contributed by atoms with van der Waals surface area (Å²) >= 11 is 6.15. The fourth-order valence-electron chi connectivity index (χ4n) is 3.97. The van der Waals surface area contributed by atoms with Crippen LogP contribution in [0.1, 0.15) is 32.6 Å². The summed E-state index contributed by atoms with van der Waals surface area (Å²) in [5.41, 5.74) is 3.19. The van der Waals surface area contributed by atoms with Crippen molar-refractivity contribution in [1.29, 1.82) is 0 Å². The second-order valence-corrected chi connectivity index (χ2v) is 7.69. The van der Waals surface area contributed by atoms with Crippen molar-refractivity contribution in [2.75, 3.05) is 11.9 Å². The Bertz CT molecular complexity index is 1150. The maximum atomic E-state index is 6.15. The molecular weight excluding hydrogens is 390 g/mol. The van der Waals surface area contributed by atoms with E-state index in [0.29, 0.717) is 28.9 Å². The Morgan fingerprint density at radius 2 is 2.07 bits per heavy atom. The number of nitrogens with zero attached hydrogens (tertiary/aromatic N) is 5. The summed E-state index contributed by atoms with van der Waals surface area (Å²) in [7, 11) is 0. The van der Waals surface area contributed by atoms with Crippen LogP contribution in [0.25, 0.3) is 27.9 Å². The third kappa shape index (κ3) is 3.54. The highest BCUT2D eigenvalue weighted by Crippen LogP contribution is 2.28. The van der Waals surface area contributed by atoms with Crippen LogP contribution in [0.4, 0.5) is 5.95 Å². The molecule has 0 atom stereocenters. The second kappa shape index (κ2) is 7.61. The molecule has 29 heavy (non-hydrogen) atoms. The Morgan fingerprint density at radius 3 is 2.90 bits per heavy atom. The Labute approximate surface area is 172 Å². The Balaban J connectivity index is 1.36. The number of imidazole rings is 1. The summed E-state index contributed by atoms with van der Waals surface area (Å²) in [6.07, 6.45) is 10.00. The van der Waals surface area contributed by atoms with Gasteiger partial charge in [0.15, 0.2) is 10.8 Å². The van der Waals surface area contributed by atoms with E-state index in [1.54, 1.807) is 10.7 Å². The average molecular weight is 412 g/mol. The van der Waals surface area contributed by atoms with Gasteiger partial charge in [-0.25, -0.2) is 14.5 Å². The van der Waals surface area contributed by atoms with Gasteiger partial charge in [0, 0.05) is 36.0 Å². The van der Waals surface area contributed by atoms with E-state index in [9.17, 15) is 0 Å². The molecule has 0 bridgehead atoms. The third-order valence-electron chi connectivity index (χ3n) is 5.44. The van der Waals surface area contributed by atoms with Crippen LogP contribution in [0.3, 0.4) is 0 Å². The molecule has 8 nitrogen and oxygen atoms in total. The molecule has 0 unspecified atom stereocenters.